The van der Waals surface area contributed by atoms with Crippen molar-refractivity contribution in [2.75, 3.05) is 0 Å². The van der Waals surface area contributed by atoms with E-state index in [9.17, 15) is 4.79 Å². The van der Waals surface area contributed by atoms with Crippen molar-refractivity contribution < 1.29 is 4.79 Å². The zero-order chi connectivity index (χ0) is 11.5. The van der Waals surface area contributed by atoms with Crippen molar-refractivity contribution in [3.05, 3.63) is 29.6 Å². The fraction of sp³-hybridized carbons (Fsp3) is 0.500. The number of amides is 1. The zero-order valence-electron chi connectivity index (χ0n) is 9.79. The molecular formula is C12H18N2O. The lowest BCUT2D eigenvalue weighted by atomic mass is 9.96. The molecule has 0 saturated heterocycles. The zero-order valence-corrected chi connectivity index (χ0v) is 9.79. The van der Waals surface area contributed by atoms with Gasteiger partial charge in [-0.15, -0.1) is 0 Å². The number of nitrogens with zero attached hydrogens (tertiary/aromatic N) is 1. The quantitative estimate of drug-likeness (QED) is 0.804. The largest absolute Gasteiger partial charge is 0.350 e. The third kappa shape index (κ3) is 3.70. The van der Waals surface area contributed by atoms with E-state index in [1.807, 2.05) is 39.8 Å². The molecule has 1 N–H and O–H groups in total. The molecule has 0 spiro atoms. The second-order valence-corrected chi connectivity index (χ2v) is 4.76. The summed E-state index contributed by atoms with van der Waals surface area (Å²) < 4.78 is 0. The first-order valence-electron chi connectivity index (χ1n) is 5.09. The standard InChI is InChI=1S/C12H18N2O/c1-9-5-6-10(13-7-9)8-14-11(15)12(2,3)4/h5-7H,8H2,1-4H3,(H,14,15). The van der Waals surface area contributed by atoms with Crippen LogP contribution in [0.2, 0.25) is 0 Å². The average molecular weight is 206 g/mol. The van der Waals surface area contributed by atoms with E-state index in [1.165, 1.54) is 0 Å². The molecule has 0 bridgehead atoms. The summed E-state index contributed by atoms with van der Waals surface area (Å²) in [4.78, 5) is 15.8. The predicted molar refractivity (Wildman–Crippen MR) is 60.3 cm³/mol. The number of carbonyl (C=O) groups excluding carboxylic acids is 1. The lowest BCUT2D eigenvalue weighted by molar-refractivity contribution is -0.128. The maximum atomic E-state index is 11.6. The molecule has 0 unspecified atom stereocenters. The summed E-state index contributed by atoms with van der Waals surface area (Å²) in [5.74, 6) is 0.0462. The van der Waals surface area contributed by atoms with Crippen LogP contribution in [0.4, 0.5) is 0 Å². The van der Waals surface area contributed by atoms with E-state index >= 15 is 0 Å². The number of carbonyl (C=O) groups is 1. The van der Waals surface area contributed by atoms with Crippen LogP contribution in [-0.2, 0) is 11.3 Å². The highest BCUT2D eigenvalue weighted by molar-refractivity contribution is 5.81. The summed E-state index contributed by atoms with van der Waals surface area (Å²) >= 11 is 0. The molecule has 0 fully saturated rings. The van der Waals surface area contributed by atoms with Crippen molar-refractivity contribution in [1.29, 1.82) is 0 Å². The maximum absolute atomic E-state index is 11.6. The topological polar surface area (TPSA) is 42.0 Å². The second kappa shape index (κ2) is 4.43. The van der Waals surface area contributed by atoms with E-state index < -0.39 is 0 Å². The molecule has 1 aromatic heterocycles. The molecule has 0 aliphatic heterocycles. The summed E-state index contributed by atoms with van der Waals surface area (Å²) in [7, 11) is 0. The summed E-state index contributed by atoms with van der Waals surface area (Å²) in [6.07, 6.45) is 1.80. The van der Waals surface area contributed by atoms with Crippen molar-refractivity contribution in [1.82, 2.24) is 10.3 Å². The predicted octanol–water partition coefficient (Wildman–Crippen LogP) is 2.05. The van der Waals surface area contributed by atoms with Gasteiger partial charge in [-0.05, 0) is 18.6 Å². The minimum atomic E-state index is -0.343. The molecule has 1 aromatic rings. The van der Waals surface area contributed by atoms with Gasteiger partial charge in [0.05, 0.1) is 12.2 Å². The van der Waals surface area contributed by atoms with Gasteiger partial charge in [0.15, 0.2) is 0 Å². The molecule has 82 valence electrons. The van der Waals surface area contributed by atoms with Crippen molar-refractivity contribution >= 4 is 5.91 Å². The van der Waals surface area contributed by atoms with Crippen LogP contribution in [0.3, 0.4) is 0 Å². The van der Waals surface area contributed by atoms with Crippen molar-refractivity contribution in [3.63, 3.8) is 0 Å². The Labute approximate surface area is 90.9 Å². The maximum Gasteiger partial charge on any atom is 0.225 e. The fourth-order valence-corrected chi connectivity index (χ4v) is 1.04. The first-order chi connectivity index (χ1) is 6.89. The van der Waals surface area contributed by atoms with Crippen molar-refractivity contribution in [2.24, 2.45) is 5.41 Å². The van der Waals surface area contributed by atoms with Gasteiger partial charge in [0, 0.05) is 11.6 Å². The fourth-order valence-electron chi connectivity index (χ4n) is 1.04. The first kappa shape index (κ1) is 11.7. The molecule has 0 saturated carbocycles. The Kier molecular flexibility index (Phi) is 3.45. The van der Waals surface area contributed by atoms with Gasteiger partial charge in [0.2, 0.25) is 5.91 Å². The van der Waals surface area contributed by atoms with Gasteiger partial charge >= 0.3 is 0 Å². The Hall–Kier alpha value is -1.38. The number of nitrogens with one attached hydrogen (secondary N) is 1. The summed E-state index contributed by atoms with van der Waals surface area (Å²) in [6, 6.07) is 3.92. The van der Waals surface area contributed by atoms with Crippen molar-refractivity contribution in [2.45, 2.75) is 34.2 Å². The van der Waals surface area contributed by atoms with Gasteiger partial charge < -0.3 is 5.32 Å². The van der Waals surface area contributed by atoms with Crippen LogP contribution >= 0.6 is 0 Å². The summed E-state index contributed by atoms with van der Waals surface area (Å²) in [6.45, 7) is 8.17. The van der Waals surface area contributed by atoms with Gasteiger partial charge in [-0.2, -0.15) is 0 Å². The Morgan fingerprint density at radius 1 is 1.40 bits per heavy atom. The van der Waals surface area contributed by atoms with E-state index in [-0.39, 0.29) is 11.3 Å². The van der Waals surface area contributed by atoms with E-state index in [1.54, 1.807) is 6.20 Å². The van der Waals surface area contributed by atoms with Gasteiger partial charge in [-0.3, -0.25) is 9.78 Å². The van der Waals surface area contributed by atoms with Crippen LogP contribution in [-0.4, -0.2) is 10.9 Å². The molecule has 0 aliphatic carbocycles. The molecule has 0 aromatic carbocycles. The lowest BCUT2D eigenvalue weighted by Gasteiger charge is -2.17. The van der Waals surface area contributed by atoms with Crippen LogP contribution in [0.5, 0.6) is 0 Å². The van der Waals surface area contributed by atoms with Crippen LogP contribution in [0.15, 0.2) is 18.3 Å². The number of aryl methyl sites for hydroxylation is 1. The number of hydrogen-bond acceptors (Lipinski definition) is 2. The molecule has 3 nitrogen and oxygen atoms in total. The van der Waals surface area contributed by atoms with E-state index in [4.69, 9.17) is 0 Å². The van der Waals surface area contributed by atoms with E-state index in [0.717, 1.165) is 11.3 Å². The average Bonchev–Trinajstić information content (AvgIpc) is 2.15. The Balaban J connectivity index is 2.51. The van der Waals surface area contributed by atoms with Gasteiger partial charge in [-0.25, -0.2) is 0 Å². The molecule has 15 heavy (non-hydrogen) atoms. The molecule has 3 heteroatoms. The third-order valence-electron chi connectivity index (χ3n) is 2.08. The smallest absolute Gasteiger partial charge is 0.225 e. The van der Waals surface area contributed by atoms with Crippen LogP contribution in [0.1, 0.15) is 32.0 Å². The number of rotatable bonds is 2. The van der Waals surface area contributed by atoms with Gasteiger partial charge in [0.25, 0.3) is 0 Å². The Bertz CT molecular complexity index is 336. The first-order valence-corrected chi connectivity index (χ1v) is 5.09. The molecular weight excluding hydrogens is 188 g/mol. The number of aromatic nitrogens is 1. The molecule has 1 amide bonds. The van der Waals surface area contributed by atoms with E-state index in [2.05, 4.69) is 10.3 Å². The molecule has 0 radical (unpaired) electrons. The normalized spacial score (nSPS) is 11.2. The molecule has 1 heterocycles. The van der Waals surface area contributed by atoms with E-state index in [0.29, 0.717) is 6.54 Å². The Morgan fingerprint density at radius 3 is 2.53 bits per heavy atom. The molecule has 1 rings (SSSR count). The summed E-state index contributed by atoms with van der Waals surface area (Å²) in [5.41, 5.74) is 1.67. The second-order valence-electron chi connectivity index (χ2n) is 4.76. The highest BCUT2D eigenvalue weighted by Gasteiger charge is 2.20. The monoisotopic (exact) mass is 206 g/mol. The Morgan fingerprint density at radius 2 is 2.07 bits per heavy atom. The van der Waals surface area contributed by atoms with Crippen LogP contribution in [0, 0.1) is 12.3 Å². The molecule has 0 aliphatic rings. The minimum absolute atomic E-state index is 0.0462. The van der Waals surface area contributed by atoms with Gasteiger partial charge in [0.1, 0.15) is 0 Å². The highest BCUT2D eigenvalue weighted by Crippen LogP contribution is 2.12. The lowest BCUT2D eigenvalue weighted by Crippen LogP contribution is -2.34. The number of hydrogen-bond donors (Lipinski definition) is 1. The molecule has 0 atom stereocenters. The van der Waals surface area contributed by atoms with Crippen molar-refractivity contribution in [3.8, 4) is 0 Å². The summed E-state index contributed by atoms with van der Waals surface area (Å²) in [5, 5.41) is 2.86. The van der Waals surface area contributed by atoms with Gasteiger partial charge in [-0.1, -0.05) is 26.8 Å². The SMILES string of the molecule is Cc1ccc(CNC(=O)C(C)(C)C)nc1. The van der Waals surface area contributed by atoms with Crippen LogP contribution in [0.25, 0.3) is 0 Å². The minimum Gasteiger partial charge on any atom is -0.350 e. The highest BCUT2D eigenvalue weighted by atomic mass is 16.2. The number of pyridine rings is 1. The van der Waals surface area contributed by atoms with Crippen LogP contribution < -0.4 is 5.32 Å². The third-order valence-corrected chi connectivity index (χ3v) is 2.08.